The third kappa shape index (κ3) is 5.19. The SMILES string of the molecule is O=C(Nc1nc(-c2cccnc2)cs1)c1ccc(OS(=O)(=O)c2cccc([N+](=O)[O-])c2)cc1. The van der Waals surface area contributed by atoms with Crippen molar-refractivity contribution in [2.75, 3.05) is 5.32 Å². The molecule has 0 aliphatic carbocycles. The van der Waals surface area contributed by atoms with Gasteiger partial charge < -0.3 is 4.18 Å². The summed E-state index contributed by atoms with van der Waals surface area (Å²) in [6, 6.07) is 13.6. The lowest BCUT2D eigenvalue weighted by atomic mass is 10.2. The number of amides is 1. The largest absolute Gasteiger partial charge is 0.379 e. The fourth-order valence-corrected chi connectivity index (χ4v) is 4.42. The van der Waals surface area contributed by atoms with Gasteiger partial charge in [-0.3, -0.25) is 25.2 Å². The molecule has 166 valence electrons. The average Bonchev–Trinajstić information content (AvgIpc) is 3.28. The molecule has 33 heavy (non-hydrogen) atoms. The second-order valence-corrected chi connectivity index (χ2v) is 8.95. The number of aromatic nitrogens is 2. The molecule has 0 saturated heterocycles. The number of nitrogens with zero attached hydrogens (tertiary/aromatic N) is 3. The second-order valence-electron chi connectivity index (χ2n) is 6.55. The van der Waals surface area contributed by atoms with Crippen LogP contribution in [0.4, 0.5) is 10.8 Å². The number of anilines is 1. The summed E-state index contributed by atoms with van der Waals surface area (Å²) in [5.74, 6) is -0.485. The number of carbonyl (C=O) groups excluding carboxylic acids is 1. The summed E-state index contributed by atoms with van der Waals surface area (Å²) >= 11 is 1.26. The number of nitro benzene ring substituents is 1. The molecule has 0 saturated carbocycles. The first-order valence-corrected chi connectivity index (χ1v) is 11.6. The van der Waals surface area contributed by atoms with Gasteiger partial charge in [0.1, 0.15) is 10.6 Å². The van der Waals surface area contributed by atoms with Crippen LogP contribution >= 0.6 is 11.3 Å². The highest BCUT2D eigenvalue weighted by Crippen LogP contribution is 2.25. The minimum Gasteiger partial charge on any atom is -0.379 e. The van der Waals surface area contributed by atoms with Crippen molar-refractivity contribution < 1.29 is 22.3 Å². The maximum absolute atomic E-state index is 12.5. The monoisotopic (exact) mass is 482 g/mol. The van der Waals surface area contributed by atoms with Gasteiger partial charge in [-0.15, -0.1) is 11.3 Å². The van der Waals surface area contributed by atoms with E-state index >= 15 is 0 Å². The molecule has 4 aromatic rings. The number of nitro groups is 1. The van der Waals surface area contributed by atoms with Gasteiger partial charge in [0.15, 0.2) is 5.13 Å². The molecule has 1 N–H and O–H groups in total. The third-order valence-corrected chi connectivity index (χ3v) is 6.32. The van der Waals surface area contributed by atoms with Crippen molar-refractivity contribution in [3.8, 4) is 17.0 Å². The zero-order valence-electron chi connectivity index (χ0n) is 16.6. The predicted octanol–water partition coefficient (Wildman–Crippen LogP) is 4.13. The Balaban J connectivity index is 1.44. The molecule has 0 unspecified atom stereocenters. The Morgan fingerprint density at radius 2 is 1.88 bits per heavy atom. The Hall–Kier alpha value is -4.16. The summed E-state index contributed by atoms with van der Waals surface area (Å²) in [6.07, 6.45) is 3.32. The normalized spacial score (nSPS) is 11.0. The molecular weight excluding hydrogens is 468 g/mol. The Labute approximate surface area is 191 Å². The van der Waals surface area contributed by atoms with Crippen molar-refractivity contribution >= 4 is 38.2 Å². The molecule has 4 rings (SSSR count). The van der Waals surface area contributed by atoms with Crippen LogP contribution in [0.1, 0.15) is 10.4 Å². The first-order chi connectivity index (χ1) is 15.8. The van der Waals surface area contributed by atoms with Gasteiger partial charge in [0.05, 0.1) is 10.6 Å². The Morgan fingerprint density at radius 3 is 2.58 bits per heavy atom. The predicted molar refractivity (Wildman–Crippen MR) is 121 cm³/mol. The fourth-order valence-electron chi connectivity index (χ4n) is 2.74. The summed E-state index contributed by atoms with van der Waals surface area (Å²) < 4.78 is 29.9. The van der Waals surface area contributed by atoms with Crippen LogP contribution in [-0.2, 0) is 10.1 Å². The molecule has 2 aromatic heterocycles. The van der Waals surface area contributed by atoms with Gasteiger partial charge >= 0.3 is 10.1 Å². The number of carbonyl (C=O) groups is 1. The van der Waals surface area contributed by atoms with Gasteiger partial charge in [0.25, 0.3) is 11.6 Å². The Bertz CT molecular complexity index is 1420. The van der Waals surface area contributed by atoms with Crippen LogP contribution in [0, 0.1) is 10.1 Å². The van der Waals surface area contributed by atoms with Crippen LogP contribution in [0.25, 0.3) is 11.3 Å². The maximum Gasteiger partial charge on any atom is 0.339 e. The first kappa shape index (κ1) is 22.0. The molecule has 1 amide bonds. The lowest BCUT2D eigenvalue weighted by molar-refractivity contribution is -0.385. The van der Waals surface area contributed by atoms with Gasteiger partial charge in [-0.25, -0.2) is 4.98 Å². The molecule has 12 heteroatoms. The van der Waals surface area contributed by atoms with Crippen LogP contribution in [0.5, 0.6) is 5.75 Å². The van der Waals surface area contributed by atoms with Crippen LogP contribution in [0.2, 0.25) is 0 Å². The van der Waals surface area contributed by atoms with E-state index in [1.165, 1.54) is 53.8 Å². The van der Waals surface area contributed by atoms with Crippen molar-refractivity contribution in [1.82, 2.24) is 9.97 Å². The zero-order chi connectivity index (χ0) is 23.4. The van der Waals surface area contributed by atoms with Crippen molar-refractivity contribution in [1.29, 1.82) is 0 Å². The van der Waals surface area contributed by atoms with Gasteiger partial charge in [0, 0.05) is 41.0 Å². The number of nitrogens with one attached hydrogen (secondary N) is 1. The quantitative estimate of drug-likeness (QED) is 0.235. The minimum atomic E-state index is -4.29. The highest BCUT2D eigenvalue weighted by Gasteiger charge is 2.20. The summed E-state index contributed by atoms with van der Waals surface area (Å²) in [4.78, 5) is 30.7. The standard InChI is InChI=1S/C21H14N4O6S2/c26-20(24-21-23-19(13-32-21)15-3-2-10-22-12-15)14-6-8-17(9-7-14)31-33(29,30)18-5-1-4-16(11-18)25(27)28/h1-13H,(H,23,24,26). The van der Waals surface area contributed by atoms with Crippen molar-refractivity contribution in [3.05, 3.63) is 94.1 Å². The van der Waals surface area contributed by atoms with E-state index in [9.17, 15) is 23.3 Å². The number of hydrogen-bond donors (Lipinski definition) is 1. The van der Waals surface area contributed by atoms with E-state index in [1.807, 2.05) is 6.07 Å². The van der Waals surface area contributed by atoms with E-state index in [1.54, 1.807) is 23.8 Å². The van der Waals surface area contributed by atoms with Crippen LogP contribution in [-0.4, -0.2) is 29.2 Å². The molecule has 0 fully saturated rings. The number of pyridine rings is 1. The molecule has 2 aromatic carbocycles. The Morgan fingerprint density at radius 1 is 1.09 bits per heavy atom. The molecule has 0 atom stereocenters. The number of non-ortho nitro benzene ring substituents is 1. The zero-order valence-corrected chi connectivity index (χ0v) is 18.2. The molecule has 0 aliphatic heterocycles. The molecule has 0 aliphatic rings. The van der Waals surface area contributed by atoms with Crippen LogP contribution < -0.4 is 9.50 Å². The summed E-state index contributed by atoms with van der Waals surface area (Å²) in [5.41, 5.74) is 1.38. The lowest BCUT2D eigenvalue weighted by Crippen LogP contribution is -2.12. The Kier molecular flexibility index (Phi) is 6.11. The van der Waals surface area contributed by atoms with Crippen molar-refractivity contribution in [2.24, 2.45) is 0 Å². The van der Waals surface area contributed by atoms with E-state index < -0.39 is 20.9 Å². The van der Waals surface area contributed by atoms with Crippen LogP contribution in [0.15, 0.2) is 83.3 Å². The molecule has 0 spiro atoms. The molecule has 0 bridgehead atoms. The van der Waals surface area contributed by atoms with Gasteiger partial charge in [-0.1, -0.05) is 6.07 Å². The number of hydrogen-bond acceptors (Lipinski definition) is 9. The summed E-state index contributed by atoms with van der Waals surface area (Å²) in [5, 5.41) is 15.7. The highest BCUT2D eigenvalue weighted by molar-refractivity contribution is 7.87. The number of rotatable bonds is 7. The first-order valence-electron chi connectivity index (χ1n) is 9.28. The number of thiazole rings is 1. The summed E-state index contributed by atoms with van der Waals surface area (Å²) in [7, 11) is -4.29. The van der Waals surface area contributed by atoms with E-state index in [0.717, 1.165) is 11.6 Å². The van der Waals surface area contributed by atoms with E-state index in [2.05, 4.69) is 15.3 Å². The second kappa shape index (κ2) is 9.14. The highest BCUT2D eigenvalue weighted by atomic mass is 32.2. The lowest BCUT2D eigenvalue weighted by Gasteiger charge is -2.08. The molecule has 2 heterocycles. The maximum atomic E-state index is 12.5. The van der Waals surface area contributed by atoms with Crippen LogP contribution in [0.3, 0.4) is 0 Å². The van der Waals surface area contributed by atoms with Gasteiger partial charge in [-0.05, 0) is 42.5 Å². The number of benzene rings is 2. The smallest absolute Gasteiger partial charge is 0.339 e. The molecule has 0 radical (unpaired) electrons. The van der Waals surface area contributed by atoms with Crippen molar-refractivity contribution in [2.45, 2.75) is 4.90 Å². The third-order valence-electron chi connectivity index (χ3n) is 4.32. The van der Waals surface area contributed by atoms with Gasteiger partial charge in [0.2, 0.25) is 0 Å². The molecular formula is C21H14N4O6S2. The van der Waals surface area contributed by atoms with E-state index in [-0.39, 0.29) is 21.9 Å². The van der Waals surface area contributed by atoms with E-state index in [4.69, 9.17) is 4.18 Å². The van der Waals surface area contributed by atoms with E-state index in [0.29, 0.717) is 10.8 Å². The van der Waals surface area contributed by atoms with Gasteiger partial charge in [-0.2, -0.15) is 8.42 Å². The fraction of sp³-hybridized carbons (Fsp3) is 0. The average molecular weight is 482 g/mol. The summed E-state index contributed by atoms with van der Waals surface area (Å²) in [6.45, 7) is 0. The van der Waals surface area contributed by atoms with Crippen molar-refractivity contribution in [3.63, 3.8) is 0 Å². The molecule has 10 nitrogen and oxygen atoms in total. The minimum absolute atomic E-state index is 0.0498. The topological polar surface area (TPSA) is 141 Å².